The average Bonchev–Trinajstić information content (AvgIpc) is 2.77. The first-order valence-electron chi connectivity index (χ1n) is 7.56. The lowest BCUT2D eigenvalue weighted by Gasteiger charge is -2.41. The summed E-state index contributed by atoms with van der Waals surface area (Å²) < 4.78 is 6.26. The number of ketones is 1. The van der Waals surface area contributed by atoms with E-state index in [0.717, 1.165) is 6.42 Å². The Morgan fingerprint density at radius 3 is 2.14 bits per heavy atom. The number of amides is 1. The van der Waals surface area contributed by atoms with Crippen molar-refractivity contribution >= 4 is 11.9 Å². The molecule has 6 heteroatoms. The van der Waals surface area contributed by atoms with E-state index in [1.165, 1.54) is 4.90 Å². The van der Waals surface area contributed by atoms with Crippen LogP contribution in [-0.4, -0.2) is 53.3 Å². The van der Waals surface area contributed by atoms with Gasteiger partial charge >= 0.3 is 6.09 Å². The average molecular weight is 298 g/mol. The molecule has 2 aliphatic rings. The van der Waals surface area contributed by atoms with Crippen LogP contribution in [0.15, 0.2) is 0 Å². The molecule has 6 nitrogen and oxygen atoms in total. The molecular weight excluding hydrogens is 272 g/mol. The molecule has 2 saturated heterocycles. The lowest BCUT2D eigenvalue weighted by Crippen LogP contribution is -2.57. The first kappa shape index (κ1) is 16.2. The molecule has 120 valence electrons. The van der Waals surface area contributed by atoms with Gasteiger partial charge in [-0.05, 0) is 26.3 Å². The summed E-state index contributed by atoms with van der Waals surface area (Å²) in [6.07, 6.45) is 1.87. The lowest BCUT2D eigenvalue weighted by molar-refractivity contribution is -0.172. The maximum Gasteiger partial charge on any atom is 0.407 e. The van der Waals surface area contributed by atoms with Crippen LogP contribution in [0.4, 0.5) is 4.79 Å². The first-order valence-corrected chi connectivity index (χ1v) is 7.56. The summed E-state index contributed by atoms with van der Waals surface area (Å²) in [5, 5.41) is 12.1. The summed E-state index contributed by atoms with van der Waals surface area (Å²) in [4.78, 5) is 25.1. The fourth-order valence-corrected chi connectivity index (χ4v) is 3.39. The Bertz CT molecular complexity index is 435. The largest absolute Gasteiger partial charge is 0.465 e. The standard InChI is InChI=1S/C15H26N2O4/c1-13(2,3)11(18)15(16-4)6-5-14(21-15)7-9-17(10-8-14)12(19)20/h16H,5-10H2,1-4H3,(H,19,20). The van der Waals surface area contributed by atoms with Gasteiger partial charge in [0.2, 0.25) is 0 Å². The third-order valence-electron chi connectivity index (χ3n) is 4.72. The number of hydrogen-bond acceptors (Lipinski definition) is 4. The van der Waals surface area contributed by atoms with Crippen molar-refractivity contribution in [1.82, 2.24) is 10.2 Å². The van der Waals surface area contributed by atoms with Gasteiger partial charge in [-0.15, -0.1) is 0 Å². The number of Topliss-reactive ketones (excluding diaryl/α,β-unsaturated/α-hetero) is 1. The van der Waals surface area contributed by atoms with Gasteiger partial charge in [0.25, 0.3) is 0 Å². The number of piperidine rings is 1. The number of ether oxygens (including phenoxy) is 1. The Morgan fingerprint density at radius 2 is 1.71 bits per heavy atom. The number of carbonyl (C=O) groups excluding carboxylic acids is 1. The second kappa shape index (κ2) is 5.25. The van der Waals surface area contributed by atoms with Crippen molar-refractivity contribution < 1.29 is 19.4 Å². The van der Waals surface area contributed by atoms with Gasteiger partial charge in [-0.3, -0.25) is 10.1 Å². The van der Waals surface area contributed by atoms with E-state index in [1.54, 1.807) is 7.05 Å². The van der Waals surface area contributed by atoms with E-state index < -0.39 is 17.2 Å². The summed E-state index contributed by atoms with van der Waals surface area (Å²) in [5.41, 5.74) is -1.77. The van der Waals surface area contributed by atoms with Gasteiger partial charge in [0, 0.05) is 24.9 Å². The molecule has 1 atom stereocenters. The molecule has 0 aromatic carbocycles. The maximum absolute atomic E-state index is 12.7. The Kier molecular flexibility index (Phi) is 4.06. The number of carboxylic acid groups (broad SMARTS) is 1. The minimum absolute atomic E-state index is 0.0649. The molecule has 2 heterocycles. The molecule has 2 fully saturated rings. The second-order valence-electron chi connectivity index (χ2n) is 7.21. The number of likely N-dealkylation sites (tertiary alicyclic amines) is 1. The predicted octanol–water partition coefficient (Wildman–Crippen LogP) is 1.84. The zero-order chi connectivity index (χ0) is 15.9. The van der Waals surface area contributed by atoms with Gasteiger partial charge in [-0.2, -0.15) is 0 Å². The highest BCUT2D eigenvalue weighted by atomic mass is 16.5. The summed E-state index contributed by atoms with van der Waals surface area (Å²) >= 11 is 0. The van der Waals surface area contributed by atoms with E-state index in [1.807, 2.05) is 20.8 Å². The molecule has 2 rings (SSSR count). The van der Waals surface area contributed by atoms with Crippen LogP contribution < -0.4 is 5.32 Å². The highest BCUT2D eigenvalue weighted by Crippen LogP contribution is 2.45. The fourth-order valence-electron chi connectivity index (χ4n) is 3.39. The zero-order valence-corrected chi connectivity index (χ0v) is 13.4. The van der Waals surface area contributed by atoms with E-state index in [-0.39, 0.29) is 11.4 Å². The molecule has 1 amide bonds. The van der Waals surface area contributed by atoms with Crippen LogP contribution in [0.2, 0.25) is 0 Å². The molecule has 0 aromatic rings. The van der Waals surface area contributed by atoms with E-state index >= 15 is 0 Å². The Labute approximate surface area is 125 Å². The van der Waals surface area contributed by atoms with Crippen molar-refractivity contribution in [3.8, 4) is 0 Å². The first-order chi connectivity index (χ1) is 9.64. The molecule has 1 unspecified atom stereocenters. The topological polar surface area (TPSA) is 78.9 Å². The molecular formula is C15H26N2O4. The van der Waals surface area contributed by atoms with Crippen LogP contribution >= 0.6 is 0 Å². The van der Waals surface area contributed by atoms with Crippen LogP contribution in [0, 0.1) is 5.41 Å². The molecule has 21 heavy (non-hydrogen) atoms. The third-order valence-corrected chi connectivity index (χ3v) is 4.72. The van der Waals surface area contributed by atoms with Crippen molar-refractivity contribution in [3.63, 3.8) is 0 Å². The van der Waals surface area contributed by atoms with Crippen molar-refractivity contribution in [2.45, 2.75) is 57.8 Å². The van der Waals surface area contributed by atoms with Crippen LogP contribution in [0.1, 0.15) is 46.5 Å². The molecule has 2 N–H and O–H groups in total. The summed E-state index contributed by atoms with van der Waals surface area (Å²) in [7, 11) is 1.76. The second-order valence-corrected chi connectivity index (χ2v) is 7.21. The van der Waals surface area contributed by atoms with E-state index in [2.05, 4.69) is 5.32 Å². The summed E-state index contributed by atoms with van der Waals surface area (Å²) in [6.45, 7) is 6.64. The highest BCUT2D eigenvalue weighted by molar-refractivity contribution is 5.91. The van der Waals surface area contributed by atoms with Gasteiger partial charge < -0.3 is 14.7 Å². The van der Waals surface area contributed by atoms with Gasteiger partial charge in [0.15, 0.2) is 11.5 Å². The van der Waals surface area contributed by atoms with Crippen LogP contribution in [0.25, 0.3) is 0 Å². The molecule has 0 aliphatic carbocycles. The molecule has 0 aromatic heterocycles. The minimum Gasteiger partial charge on any atom is -0.465 e. The summed E-state index contributed by atoms with van der Waals surface area (Å²) in [5.74, 6) is 0.0649. The van der Waals surface area contributed by atoms with Crippen molar-refractivity contribution in [2.75, 3.05) is 20.1 Å². The smallest absolute Gasteiger partial charge is 0.407 e. The third kappa shape index (κ3) is 2.92. The SMILES string of the molecule is CNC1(C(=O)C(C)(C)C)CCC2(CCN(C(=O)O)CC2)O1. The summed E-state index contributed by atoms with van der Waals surface area (Å²) in [6, 6.07) is 0. The van der Waals surface area contributed by atoms with Gasteiger partial charge in [0.05, 0.1) is 5.60 Å². The van der Waals surface area contributed by atoms with Gasteiger partial charge in [-0.25, -0.2) is 4.79 Å². The monoisotopic (exact) mass is 298 g/mol. The Balaban J connectivity index is 2.12. The molecule has 2 aliphatic heterocycles. The number of carbonyl (C=O) groups is 2. The number of nitrogens with one attached hydrogen (secondary N) is 1. The van der Waals surface area contributed by atoms with E-state index in [0.29, 0.717) is 32.4 Å². The van der Waals surface area contributed by atoms with Crippen molar-refractivity contribution in [3.05, 3.63) is 0 Å². The Hall–Kier alpha value is -1.14. The van der Waals surface area contributed by atoms with Crippen LogP contribution in [0.3, 0.4) is 0 Å². The van der Waals surface area contributed by atoms with E-state index in [9.17, 15) is 9.59 Å². The molecule has 0 radical (unpaired) electrons. The van der Waals surface area contributed by atoms with E-state index in [4.69, 9.17) is 9.84 Å². The van der Waals surface area contributed by atoms with Crippen molar-refractivity contribution in [2.24, 2.45) is 5.41 Å². The quantitative estimate of drug-likeness (QED) is 0.813. The normalized spacial score (nSPS) is 28.9. The number of hydrogen-bond donors (Lipinski definition) is 2. The molecule has 0 bridgehead atoms. The lowest BCUT2D eigenvalue weighted by atomic mass is 9.82. The maximum atomic E-state index is 12.7. The van der Waals surface area contributed by atoms with Gasteiger partial charge in [-0.1, -0.05) is 20.8 Å². The van der Waals surface area contributed by atoms with Crippen LogP contribution in [0.5, 0.6) is 0 Å². The minimum atomic E-state index is -0.927. The Morgan fingerprint density at radius 1 is 1.14 bits per heavy atom. The number of rotatable bonds is 2. The number of likely N-dealkylation sites (N-methyl/N-ethyl adjacent to an activating group) is 1. The van der Waals surface area contributed by atoms with Crippen molar-refractivity contribution in [1.29, 1.82) is 0 Å². The highest BCUT2D eigenvalue weighted by Gasteiger charge is 2.55. The number of nitrogens with zero attached hydrogens (tertiary/aromatic N) is 1. The molecule has 1 spiro atoms. The van der Waals surface area contributed by atoms with Crippen LogP contribution in [-0.2, 0) is 9.53 Å². The van der Waals surface area contributed by atoms with Gasteiger partial charge in [0.1, 0.15) is 0 Å². The fraction of sp³-hybridized carbons (Fsp3) is 0.867. The zero-order valence-electron chi connectivity index (χ0n) is 13.4. The molecule has 0 saturated carbocycles. The predicted molar refractivity (Wildman–Crippen MR) is 78.1 cm³/mol.